The Morgan fingerprint density at radius 2 is 1.30 bits per heavy atom. The van der Waals surface area contributed by atoms with Crippen molar-refractivity contribution in [2.45, 2.75) is 20.8 Å². The molecule has 0 radical (unpaired) electrons. The van der Waals surface area contributed by atoms with E-state index in [1.54, 1.807) is 6.92 Å². The van der Waals surface area contributed by atoms with E-state index >= 15 is 0 Å². The van der Waals surface area contributed by atoms with Crippen LogP contribution in [0.25, 0.3) is 0 Å². The summed E-state index contributed by atoms with van der Waals surface area (Å²) in [5.41, 5.74) is 3.66. The van der Waals surface area contributed by atoms with Crippen molar-refractivity contribution in [2.24, 2.45) is 5.41 Å². The van der Waals surface area contributed by atoms with Crippen molar-refractivity contribution < 1.29 is 0 Å². The number of rotatable bonds is 0. The van der Waals surface area contributed by atoms with Crippen LogP contribution in [0.3, 0.4) is 0 Å². The van der Waals surface area contributed by atoms with Gasteiger partial charge in [0.2, 0.25) is 0 Å². The second-order valence-corrected chi connectivity index (χ2v) is 5.91. The van der Waals surface area contributed by atoms with Gasteiger partial charge in [-0.25, -0.2) is 0 Å². The summed E-state index contributed by atoms with van der Waals surface area (Å²) in [6.45, 7) is 5.83. The Hall–Kier alpha value is -5.00. The van der Waals surface area contributed by atoms with Crippen molar-refractivity contribution in [1.29, 1.82) is 0 Å². The van der Waals surface area contributed by atoms with Gasteiger partial charge in [0.1, 0.15) is 0 Å². The third-order valence-corrected chi connectivity index (χ3v) is 4.16. The maximum absolute atomic E-state index is 5.07. The monoisotopic (exact) mass is 374 g/mol. The van der Waals surface area contributed by atoms with Gasteiger partial charge in [-0.15, -0.1) is 6.42 Å². The number of terminal acetylenes is 1. The van der Waals surface area contributed by atoms with Gasteiger partial charge in [-0.3, -0.25) is 0 Å². The van der Waals surface area contributed by atoms with E-state index in [1.165, 1.54) is 0 Å². The Kier molecular flexibility index (Phi) is 7.80. The molecule has 0 bridgehead atoms. The Balaban J connectivity index is 2.29. The van der Waals surface area contributed by atoms with Crippen LogP contribution in [0.5, 0.6) is 0 Å². The van der Waals surface area contributed by atoms with Crippen molar-refractivity contribution in [1.82, 2.24) is 0 Å². The molecule has 0 fully saturated rings. The lowest BCUT2D eigenvalue weighted by Gasteiger charge is -2.22. The second-order valence-electron chi connectivity index (χ2n) is 5.91. The molecule has 2 rings (SSSR count). The molecule has 0 aromatic carbocycles. The van der Waals surface area contributed by atoms with E-state index in [2.05, 4.69) is 120 Å². The molecule has 1 unspecified atom stereocenters. The molecule has 0 aromatic rings. The van der Waals surface area contributed by atoms with E-state index in [1.807, 2.05) is 19.1 Å². The van der Waals surface area contributed by atoms with Gasteiger partial charge in [0.25, 0.3) is 0 Å². The predicted molar refractivity (Wildman–Crippen MR) is 123 cm³/mol. The summed E-state index contributed by atoms with van der Waals surface area (Å²) >= 11 is 0. The summed E-state index contributed by atoms with van der Waals surface area (Å²) < 4.78 is 0. The summed E-state index contributed by atoms with van der Waals surface area (Å²) in [6.07, 6.45) is 13.3. The van der Waals surface area contributed by atoms with Crippen LogP contribution >= 0.6 is 0 Å². The van der Waals surface area contributed by atoms with Crippen LogP contribution < -0.4 is 0 Å². The lowest BCUT2D eigenvalue weighted by Crippen LogP contribution is -2.16. The zero-order chi connectivity index (χ0) is 21.7. The van der Waals surface area contributed by atoms with Crippen molar-refractivity contribution in [3.63, 3.8) is 0 Å². The topological polar surface area (TPSA) is 0 Å². The maximum atomic E-state index is 5.07. The van der Waals surface area contributed by atoms with Gasteiger partial charge in [-0.1, -0.05) is 36.0 Å². The van der Waals surface area contributed by atoms with Crippen molar-refractivity contribution in [3.05, 3.63) is 46.6 Å². The van der Waals surface area contributed by atoms with Gasteiger partial charge in [0, 0.05) is 11.1 Å². The van der Waals surface area contributed by atoms with Crippen molar-refractivity contribution in [3.8, 4) is 107 Å². The lowest BCUT2D eigenvalue weighted by atomic mass is 9.77. The van der Waals surface area contributed by atoms with E-state index in [4.69, 9.17) is 6.42 Å². The average molecular weight is 374 g/mol. The first-order valence-corrected chi connectivity index (χ1v) is 8.86. The fraction of sp³-hybridized carbons (Fsp3) is 0.133. The van der Waals surface area contributed by atoms with Crippen LogP contribution in [0.15, 0.2) is 46.6 Å². The van der Waals surface area contributed by atoms with E-state index in [0.29, 0.717) is 0 Å². The predicted octanol–water partition coefficient (Wildman–Crippen LogP) is 3.43. The smallest absolute Gasteiger partial charge is 0.0732 e. The Morgan fingerprint density at radius 1 is 0.733 bits per heavy atom. The van der Waals surface area contributed by atoms with E-state index in [9.17, 15) is 0 Å². The molecule has 0 aliphatic heterocycles. The third-order valence-electron chi connectivity index (χ3n) is 4.16. The quantitative estimate of drug-likeness (QED) is 0.570. The van der Waals surface area contributed by atoms with E-state index in [0.717, 1.165) is 22.3 Å². The van der Waals surface area contributed by atoms with Gasteiger partial charge in [0.05, 0.1) is 5.41 Å². The molecule has 1 spiro atoms. The summed E-state index contributed by atoms with van der Waals surface area (Å²) in [5.74, 6) is 45.7. The molecule has 134 valence electrons. The minimum Gasteiger partial charge on any atom is -0.106 e. The maximum Gasteiger partial charge on any atom is 0.0732 e. The van der Waals surface area contributed by atoms with Crippen LogP contribution in [-0.4, -0.2) is 0 Å². The van der Waals surface area contributed by atoms with Gasteiger partial charge in [0.15, 0.2) is 0 Å². The molecule has 0 amide bonds. The molecule has 2 aliphatic rings. The lowest BCUT2D eigenvalue weighted by molar-refractivity contribution is 0.776. The minimum absolute atomic E-state index is 0.474. The summed E-state index contributed by atoms with van der Waals surface area (Å²) in [6, 6.07) is 0. The van der Waals surface area contributed by atoms with Crippen LogP contribution in [-0.2, 0) is 0 Å². The largest absolute Gasteiger partial charge is 0.106 e. The van der Waals surface area contributed by atoms with Gasteiger partial charge < -0.3 is 0 Å². The average Bonchev–Trinajstić information content (AvgIpc) is 3.24. The first kappa shape index (κ1) is 21.3. The molecular weight excluding hydrogens is 360 g/mol. The van der Waals surface area contributed by atoms with E-state index in [-0.39, 0.29) is 0 Å². The molecule has 0 heterocycles. The molecule has 0 nitrogen and oxygen atoms in total. The van der Waals surface area contributed by atoms with Crippen LogP contribution in [0.2, 0.25) is 0 Å². The number of hydrogen-bond donors (Lipinski definition) is 0. The van der Waals surface area contributed by atoms with Gasteiger partial charge in [-0.05, 0) is 121 Å². The minimum atomic E-state index is -0.474. The highest BCUT2D eigenvalue weighted by atomic mass is 14.4. The Bertz CT molecular complexity index is 1440. The molecule has 0 N–H and O–H groups in total. The van der Waals surface area contributed by atoms with Gasteiger partial charge in [-0.2, -0.15) is 0 Å². The normalized spacial score (nSPS) is 15.9. The second kappa shape index (κ2) is 11.0. The molecule has 1 atom stereocenters. The summed E-state index contributed by atoms with van der Waals surface area (Å²) in [5, 5.41) is 0. The zero-order valence-electron chi connectivity index (χ0n) is 16.9. The van der Waals surface area contributed by atoms with Crippen molar-refractivity contribution in [2.75, 3.05) is 0 Å². The van der Waals surface area contributed by atoms with Crippen LogP contribution in [0.4, 0.5) is 0 Å². The first-order chi connectivity index (χ1) is 14.7. The fourth-order valence-corrected chi connectivity index (χ4v) is 2.81. The first-order valence-electron chi connectivity index (χ1n) is 8.86. The van der Waals surface area contributed by atoms with Crippen molar-refractivity contribution >= 4 is 0 Å². The highest BCUT2D eigenvalue weighted by Gasteiger charge is 2.39. The standard InChI is InChI=1S/C30H14/c1-5-7-9-11-13-14-15-16-18-21-28-22-20-24-30(28)25-26(3)27(4)29(30)23-19-17-12-10-8-6-2/h2,20,22,24-25H,1,3-4H3. The highest BCUT2D eigenvalue weighted by Crippen LogP contribution is 2.49. The molecule has 0 aromatic heterocycles. The number of hydrogen-bond acceptors (Lipinski definition) is 0. The number of allylic oxidation sites excluding steroid dienone is 8. The zero-order valence-corrected chi connectivity index (χ0v) is 16.9. The molecule has 2 aliphatic carbocycles. The van der Waals surface area contributed by atoms with Crippen LogP contribution in [0, 0.1) is 112 Å². The molecule has 30 heavy (non-hydrogen) atoms. The SMILES string of the molecule is C#CC#CC#CC#CC1=C(C)C(C)=CC12C=CC=C2C#CC#CC#CC#CC#CC. The van der Waals surface area contributed by atoms with Crippen LogP contribution in [0.1, 0.15) is 20.8 Å². The third kappa shape index (κ3) is 5.26. The summed E-state index contributed by atoms with van der Waals surface area (Å²) in [7, 11) is 0. The Morgan fingerprint density at radius 3 is 1.93 bits per heavy atom. The Labute approximate surface area is 180 Å². The summed E-state index contributed by atoms with van der Waals surface area (Å²) in [4.78, 5) is 0. The molecule has 0 heteroatoms. The van der Waals surface area contributed by atoms with Gasteiger partial charge >= 0.3 is 0 Å². The highest BCUT2D eigenvalue weighted by molar-refractivity contribution is 5.68. The van der Waals surface area contributed by atoms with E-state index < -0.39 is 5.41 Å². The fourth-order valence-electron chi connectivity index (χ4n) is 2.81. The molecular formula is C30H14. The molecule has 0 saturated carbocycles. The molecule has 0 saturated heterocycles.